The molecular weight excluding hydrogens is 314 g/mol. The van der Waals surface area contributed by atoms with Gasteiger partial charge in [-0.1, -0.05) is 0 Å². The van der Waals surface area contributed by atoms with Crippen LogP contribution in [0.3, 0.4) is 0 Å². The molecule has 1 atom stereocenters. The van der Waals surface area contributed by atoms with E-state index < -0.39 is 23.3 Å². The van der Waals surface area contributed by atoms with Gasteiger partial charge in [-0.15, -0.1) is 4.41 Å². The van der Waals surface area contributed by atoms with Crippen molar-refractivity contribution >= 4 is 29.5 Å². The second-order valence-corrected chi connectivity index (χ2v) is 5.03. The molecule has 1 aromatic heterocycles. The summed E-state index contributed by atoms with van der Waals surface area (Å²) in [5.41, 5.74) is 0.321. The Kier molecular flexibility index (Phi) is 4.88. The highest BCUT2D eigenvalue weighted by Gasteiger charge is 2.27. The molecule has 1 aromatic rings. The molecule has 0 saturated heterocycles. The van der Waals surface area contributed by atoms with Crippen molar-refractivity contribution in [2.45, 2.75) is 20.3 Å². The third kappa shape index (κ3) is 3.14. The molecule has 0 aliphatic carbocycles. The van der Waals surface area contributed by atoms with Crippen LogP contribution >= 0.6 is 0 Å². The number of esters is 1. The second-order valence-electron chi connectivity index (χ2n) is 4.25. The lowest BCUT2D eigenvalue weighted by Gasteiger charge is -2.26. The van der Waals surface area contributed by atoms with Crippen LogP contribution in [0.2, 0.25) is 0 Å². The topological polar surface area (TPSA) is 120 Å². The average molecular weight is 328 g/mol. The Morgan fingerprint density at radius 1 is 1.55 bits per heavy atom. The molecule has 0 bridgehead atoms. The van der Waals surface area contributed by atoms with Gasteiger partial charge < -0.3 is 9.29 Å². The van der Waals surface area contributed by atoms with Crippen molar-refractivity contribution < 1.29 is 23.1 Å². The standard InChI is InChI=1S/C11H15N5O5S/c1-3-21-10(17)9-7-15(13-8(9)2)16(22(19)20)11(18)14-6-4-5-12-14/h5,7H,3-4,6H2,1-2H3,(H,19,20)/p-1. The van der Waals surface area contributed by atoms with Crippen molar-refractivity contribution in [2.75, 3.05) is 17.6 Å². The first-order chi connectivity index (χ1) is 10.5. The molecule has 0 saturated carbocycles. The zero-order valence-corrected chi connectivity index (χ0v) is 12.8. The summed E-state index contributed by atoms with van der Waals surface area (Å²) in [4.78, 5) is 24.7. The molecule has 11 heteroatoms. The summed E-state index contributed by atoms with van der Waals surface area (Å²) in [5, 5.41) is 8.64. The highest BCUT2D eigenvalue weighted by Crippen LogP contribution is 2.11. The minimum Gasteiger partial charge on any atom is -0.754 e. The van der Waals surface area contributed by atoms with E-state index in [0.717, 1.165) is 16.0 Å². The number of ether oxygens (including phenoxy) is 1. The maximum absolute atomic E-state index is 12.2. The zero-order valence-electron chi connectivity index (χ0n) is 12.0. The molecule has 1 unspecified atom stereocenters. The lowest BCUT2D eigenvalue weighted by atomic mass is 10.3. The molecule has 1 aliphatic heterocycles. The van der Waals surface area contributed by atoms with Crippen molar-refractivity contribution in [1.82, 2.24) is 14.9 Å². The Labute approximate surface area is 128 Å². The Balaban J connectivity index is 2.31. The van der Waals surface area contributed by atoms with Gasteiger partial charge >= 0.3 is 12.0 Å². The molecule has 0 fully saturated rings. The van der Waals surface area contributed by atoms with Crippen LogP contribution in [0.5, 0.6) is 0 Å². The molecule has 2 heterocycles. The average Bonchev–Trinajstić information content (AvgIpc) is 3.08. The fourth-order valence-corrected chi connectivity index (χ4v) is 2.25. The van der Waals surface area contributed by atoms with Crippen LogP contribution in [-0.2, 0) is 16.0 Å². The lowest BCUT2D eigenvalue weighted by Crippen LogP contribution is -2.48. The quantitative estimate of drug-likeness (QED) is 0.563. The normalized spacial score (nSPS) is 15.0. The first-order valence-electron chi connectivity index (χ1n) is 6.42. The van der Waals surface area contributed by atoms with Crippen molar-refractivity contribution in [3.63, 3.8) is 0 Å². The predicted octanol–water partition coefficient (Wildman–Crippen LogP) is -0.0882. The zero-order chi connectivity index (χ0) is 16.3. The minimum atomic E-state index is -2.93. The molecule has 2 rings (SSSR count). The van der Waals surface area contributed by atoms with E-state index >= 15 is 0 Å². The van der Waals surface area contributed by atoms with Crippen LogP contribution in [-0.4, -0.2) is 55.0 Å². The first-order valence-corrected chi connectivity index (χ1v) is 7.46. The van der Waals surface area contributed by atoms with Crippen molar-refractivity contribution in [3.8, 4) is 0 Å². The smallest absolute Gasteiger partial charge is 0.372 e. The van der Waals surface area contributed by atoms with Gasteiger partial charge in [0.05, 0.1) is 36.3 Å². The highest BCUT2D eigenvalue weighted by atomic mass is 32.2. The van der Waals surface area contributed by atoms with Crippen LogP contribution in [0.15, 0.2) is 11.3 Å². The Bertz CT molecular complexity index is 643. The maximum atomic E-state index is 12.2. The Morgan fingerprint density at radius 2 is 2.27 bits per heavy atom. The fraction of sp³-hybridized carbons (Fsp3) is 0.455. The van der Waals surface area contributed by atoms with E-state index in [1.807, 2.05) is 0 Å². The van der Waals surface area contributed by atoms with Gasteiger partial charge in [-0.25, -0.2) is 18.8 Å². The number of hydrogen-bond acceptors (Lipinski definition) is 7. The number of carbonyl (C=O) groups is 2. The molecule has 2 amide bonds. The van der Waals surface area contributed by atoms with E-state index in [1.165, 1.54) is 13.1 Å². The van der Waals surface area contributed by atoms with Gasteiger partial charge in [0.2, 0.25) is 0 Å². The second kappa shape index (κ2) is 6.66. The van der Waals surface area contributed by atoms with Gasteiger partial charge in [0, 0.05) is 12.6 Å². The molecule has 1 aliphatic rings. The molecule has 0 radical (unpaired) electrons. The minimum absolute atomic E-state index is 0.0787. The largest absolute Gasteiger partial charge is 0.754 e. The van der Waals surface area contributed by atoms with Gasteiger partial charge in [-0.05, 0) is 13.8 Å². The Morgan fingerprint density at radius 3 is 2.82 bits per heavy atom. The van der Waals surface area contributed by atoms with Gasteiger partial charge in [0.25, 0.3) is 0 Å². The van der Waals surface area contributed by atoms with E-state index in [9.17, 15) is 18.4 Å². The predicted molar refractivity (Wildman–Crippen MR) is 75.3 cm³/mol. The molecular formula is C11H14N5O5S-. The molecule has 120 valence electrons. The number of aromatic nitrogens is 2. The molecule has 10 nitrogen and oxygen atoms in total. The van der Waals surface area contributed by atoms with Crippen LogP contribution < -0.4 is 4.41 Å². The number of urea groups is 1. The van der Waals surface area contributed by atoms with E-state index in [0.29, 0.717) is 10.8 Å². The molecule has 0 N–H and O–H groups in total. The lowest BCUT2D eigenvalue weighted by molar-refractivity contribution is 0.0525. The van der Waals surface area contributed by atoms with Crippen LogP contribution in [0.4, 0.5) is 4.79 Å². The first kappa shape index (κ1) is 16.1. The summed E-state index contributed by atoms with van der Waals surface area (Å²) in [6.07, 6.45) is 3.17. The Hall–Kier alpha value is -2.27. The van der Waals surface area contributed by atoms with Gasteiger partial charge in [-0.3, -0.25) is 0 Å². The number of carbonyl (C=O) groups excluding carboxylic acids is 2. The van der Waals surface area contributed by atoms with E-state index in [4.69, 9.17) is 4.74 Å². The third-order valence-electron chi connectivity index (χ3n) is 2.78. The summed E-state index contributed by atoms with van der Waals surface area (Å²) in [6.45, 7) is 3.60. The van der Waals surface area contributed by atoms with Crippen molar-refractivity contribution in [3.05, 3.63) is 17.5 Å². The van der Waals surface area contributed by atoms with Crippen molar-refractivity contribution in [2.24, 2.45) is 5.10 Å². The summed E-state index contributed by atoms with van der Waals surface area (Å²) in [7, 11) is 0. The number of rotatable bonds is 4. The van der Waals surface area contributed by atoms with Gasteiger partial charge in [-0.2, -0.15) is 15.0 Å². The number of amides is 2. The van der Waals surface area contributed by atoms with Gasteiger partial charge in [0.1, 0.15) is 5.56 Å². The monoisotopic (exact) mass is 328 g/mol. The van der Waals surface area contributed by atoms with Crippen LogP contribution in [0, 0.1) is 6.92 Å². The molecule has 0 aromatic carbocycles. The summed E-state index contributed by atoms with van der Waals surface area (Å²) >= 11 is -2.93. The summed E-state index contributed by atoms with van der Waals surface area (Å²) in [6, 6.07) is -0.889. The van der Waals surface area contributed by atoms with E-state index in [-0.39, 0.29) is 24.4 Å². The van der Waals surface area contributed by atoms with Gasteiger partial charge in [0.15, 0.2) is 0 Å². The highest BCUT2D eigenvalue weighted by molar-refractivity contribution is 7.81. The van der Waals surface area contributed by atoms with Crippen LogP contribution in [0.1, 0.15) is 29.4 Å². The summed E-state index contributed by atoms with van der Waals surface area (Å²) < 4.78 is 27.9. The van der Waals surface area contributed by atoms with E-state index in [2.05, 4.69) is 10.2 Å². The van der Waals surface area contributed by atoms with Crippen LogP contribution in [0.25, 0.3) is 0 Å². The van der Waals surface area contributed by atoms with E-state index in [1.54, 1.807) is 6.92 Å². The maximum Gasteiger partial charge on any atom is 0.372 e. The van der Waals surface area contributed by atoms with Crippen molar-refractivity contribution in [1.29, 1.82) is 0 Å². The number of nitrogens with zero attached hydrogens (tertiary/aromatic N) is 5. The fourth-order valence-electron chi connectivity index (χ4n) is 1.81. The molecule has 22 heavy (non-hydrogen) atoms. The SMILES string of the molecule is CCOC(=O)c1cn(N(C(=O)N2CCC=N2)S(=O)[O-])nc1C. The third-order valence-corrected chi connectivity index (χ3v) is 3.39. The molecule has 0 spiro atoms. The number of hydrazone groups is 1. The summed E-state index contributed by atoms with van der Waals surface area (Å²) in [5.74, 6) is -0.644. The number of hydrogen-bond donors (Lipinski definition) is 0. The number of aryl methyl sites for hydroxylation is 1.